The number of hydrogen-bond donors (Lipinski definition) is 2. The summed E-state index contributed by atoms with van der Waals surface area (Å²) in [5.41, 5.74) is 7.95. The largest absolute Gasteiger partial charge is 0.486 e. The van der Waals surface area contributed by atoms with Gasteiger partial charge in [0.1, 0.15) is 19.0 Å². The Bertz CT molecular complexity index is 1190. The molecule has 2 heterocycles. The van der Waals surface area contributed by atoms with E-state index in [4.69, 9.17) is 9.47 Å². The summed E-state index contributed by atoms with van der Waals surface area (Å²) in [5.74, 6) is -0.260. The first kappa shape index (κ1) is 20.0. The van der Waals surface area contributed by atoms with Gasteiger partial charge in [0.2, 0.25) is 0 Å². The van der Waals surface area contributed by atoms with Crippen LogP contribution in [0.2, 0.25) is 0 Å². The van der Waals surface area contributed by atoms with Crippen LogP contribution in [-0.2, 0) is 12.8 Å². The Hall–Kier alpha value is -3.88. The highest BCUT2D eigenvalue weighted by Crippen LogP contribution is 2.31. The van der Waals surface area contributed by atoms with E-state index in [1.165, 1.54) is 12.1 Å². The Kier molecular flexibility index (Phi) is 5.22. The van der Waals surface area contributed by atoms with E-state index in [1.54, 1.807) is 35.0 Å². The zero-order chi connectivity index (χ0) is 22.1. The monoisotopic (exact) mass is 436 g/mol. The van der Waals surface area contributed by atoms with Gasteiger partial charge in [0.25, 0.3) is 11.8 Å². The quantitative estimate of drug-likeness (QED) is 0.616. The molecule has 2 N–H and O–H groups in total. The van der Waals surface area contributed by atoms with Crippen molar-refractivity contribution in [3.63, 3.8) is 0 Å². The van der Waals surface area contributed by atoms with Crippen molar-refractivity contribution in [3.8, 4) is 17.2 Å². The number of nitrogens with zero attached hydrogens (tertiary/aromatic N) is 2. The third-order valence-electron chi connectivity index (χ3n) is 5.56. The number of benzene rings is 2. The van der Waals surface area contributed by atoms with Crippen LogP contribution in [0, 0.1) is 5.82 Å². The minimum Gasteiger partial charge on any atom is -0.486 e. The Balaban J connectivity index is 1.34. The summed E-state index contributed by atoms with van der Waals surface area (Å²) < 4.78 is 26.0. The van der Waals surface area contributed by atoms with E-state index in [9.17, 15) is 14.0 Å². The Morgan fingerprint density at radius 2 is 1.62 bits per heavy atom. The molecule has 0 unspecified atom stereocenters. The molecule has 1 aromatic heterocycles. The zero-order valence-corrected chi connectivity index (χ0v) is 17.2. The van der Waals surface area contributed by atoms with Crippen molar-refractivity contribution < 1.29 is 23.5 Å². The second-order valence-corrected chi connectivity index (χ2v) is 7.64. The Morgan fingerprint density at radius 1 is 0.906 bits per heavy atom. The van der Waals surface area contributed by atoms with E-state index in [0.717, 1.165) is 36.9 Å². The van der Waals surface area contributed by atoms with Crippen LogP contribution in [0.5, 0.6) is 11.5 Å². The second kappa shape index (κ2) is 8.33. The van der Waals surface area contributed by atoms with E-state index in [2.05, 4.69) is 16.0 Å². The third kappa shape index (κ3) is 3.77. The van der Waals surface area contributed by atoms with Gasteiger partial charge in [-0.15, -0.1) is 0 Å². The van der Waals surface area contributed by atoms with Crippen LogP contribution in [-0.4, -0.2) is 34.8 Å². The minimum atomic E-state index is -0.505. The van der Waals surface area contributed by atoms with Gasteiger partial charge >= 0.3 is 0 Å². The lowest BCUT2D eigenvalue weighted by molar-refractivity contribution is 0.0842. The summed E-state index contributed by atoms with van der Waals surface area (Å²) in [6, 6.07) is 10.8. The first-order chi connectivity index (χ1) is 15.6. The van der Waals surface area contributed by atoms with Gasteiger partial charge in [-0.25, -0.2) is 9.07 Å². The van der Waals surface area contributed by atoms with Gasteiger partial charge in [0.05, 0.1) is 5.69 Å². The molecule has 2 aliphatic rings. The van der Waals surface area contributed by atoms with Crippen LogP contribution in [0.25, 0.3) is 5.69 Å². The summed E-state index contributed by atoms with van der Waals surface area (Å²) in [5, 5.41) is 4.49. The summed E-state index contributed by atoms with van der Waals surface area (Å²) in [4.78, 5) is 25.4. The SMILES string of the molecule is O=C(NNC(=O)c1nn(-c2ccc(F)cc2)c2c1CCCC2)c1ccc2c(c1)OCCO2. The number of hydrazine groups is 1. The number of nitrogens with one attached hydrogen (secondary N) is 2. The number of carbonyl (C=O) groups excluding carboxylic acids is 2. The van der Waals surface area contributed by atoms with Gasteiger partial charge in [-0.3, -0.25) is 20.4 Å². The lowest BCUT2D eigenvalue weighted by Gasteiger charge is -2.18. The molecule has 1 aliphatic heterocycles. The summed E-state index contributed by atoms with van der Waals surface area (Å²) in [7, 11) is 0. The van der Waals surface area contributed by atoms with Gasteiger partial charge in [-0.2, -0.15) is 5.10 Å². The average Bonchev–Trinajstić information content (AvgIpc) is 3.22. The molecule has 0 saturated heterocycles. The van der Waals surface area contributed by atoms with Crippen LogP contribution in [0.1, 0.15) is 44.9 Å². The van der Waals surface area contributed by atoms with Gasteiger partial charge < -0.3 is 9.47 Å². The molecule has 32 heavy (non-hydrogen) atoms. The van der Waals surface area contributed by atoms with Crippen LogP contribution >= 0.6 is 0 Å². The Morgan fingerprint density at radius 3 is 2.44 bits per heavy atom. The molecule has 2 aromatic carbocycles. The summed E-state index contributed by atoms with van der Waals surface area (Å²) in [6.07, 6.45) is 3.43. The van der Waals surface area contributed by atoms with Crippen molar-refractivity contribution in [2.24, 2.45) is 0 Å². The number of amides is 2. The van der Waals surface area contributed by atoms with Crippen molar-refractivity contribution in [1.29, 1.82) is 0 Å². The molecule has 0 spiro atoms. The van der Waals surface area contributed by atoms with E-state index >= 15 is 0 Å². The first-order valence-corrected chi connectivity index (χ1v) is 10.5. The van der Waals surface area contributed by atoms with E-state index in [1.807, 2.05) is 0 Å². The van der Waals surface area contributed by atoms with Gasteiger partial charge in [-0.1, -0.05) is 0 Å². The molecule has 0 fully saturated rings. The smallest absolute Gasteiger partial charge is 0.290 e. The van der Waals surface area contributed by atoms with E-state index in [0.29, 0.717) is 36.0 Å². The molecule has 3 aromatic rings. The highest BCUT2D eigenvalue weighted by Gasteiger charge is 2.26. The lowest BCUT2D eigenvalue weighted by Crippen LogP contribution is -2.42. The molecule has 9 heteroatoms. The highest BCUT2D eigenvalue weighted by atomic mass is 19.1. The number of hydrogen-bond acceptors (Lipinski definition) is 5. The summed E-state index contributed by atoms with van der Waals surface area (Å²) in [6.45, 7) is 0.875. The van der Waals surface area contributed by atoms with Crippen molar-refractivity contribution >= 4 is 11.8 Å². The molecule has 0 saturated carbocycles. The Labute approximate surface area is 183 Å². The van der Waals surface area contributed by atoms with E-state index in [-0.39, 0.29) is 11.5 Å². The second-order valence-electron chi connectivity index (χ2n) is 7.64. The van der Waals surface area contributed by atoms with Crippen LogP contribution in [0.4, 0.5) is 4.39 Å². The number of aromatic nitrogens is 2. The number of fused-ring (bicyclic) bond motifs is 2. The molecular weight excluding hydrogens is 415 g/mol. The number of carbonyl (C=O) groups is 2. The molecule has 2 amide bonds. The minimum absolute atomic E-state index is 0.256. The number of ether oxygens (including phenoxy) is 2. The van der Waals surface area contributed by atoms with Crippen molar-refractivity contribution in [2.75, 3.05) is 13.2 Å². The molecule has 0 radical (unpaired) electrons. The van der Waals surface area contributed by atoms with Gasteiger partial charge in [0, 0.05) is 16.8 Å². The van der Waals surface area contributed by atoms with Crippen LogP contribution < -0.4 is 20.3 Å². The van der Waals surface area contributed by atoms with Crippen molar-refractivity contribution in [2.45, 2.75) is 25.7 Å². The average molecular weight is 436 g/mol. The molecule has 8 nitrogen and oxygen atoms in total. The molecule has 0 atom stereocenters. The number of halogens is 1. The van der Waals surface area contributed by atoms with Crippen LogP contribution in [0.3, 0.4) is 0 Å². The lowest BCUT2D eigenvalue weighted by atomic mass is 9.95. The first-order valence-electron chi connectivity index (χ1n) is 10.5. The fraction of sp³-hybridized carbons (Fsp3) is 0.261. The maximum Gasteiger partial charge on any atom is 0.290 e. The third-order valence-corrected chi connectivity index (χ3v) is 5.56. The molecular formula is C23H21FN4O4. The maximum absolute atomic E-state index is 13.3. The molecule has 5 rings (SSSR count). The van der Waals surface area contributed by atoms with Crippen molar-refractivity contribution in [3.05, 3.63) is 70.8 Å². The fourth-order valence-electron chi connectivity index (χ4n) is 4.01. The number of rotatable bonds is 3. The predicted molar refractivity (Wildman–Crippen MR) is 113 cm³/mol. The molecule has 164 valence electrons. The molecule has 1 aliphatic carbocycles. The fourth-order valence-corrected chi connectivity index (χ4v) is 4.01. The highest BCUT2D eigenvalue weighted by molar-refractivity contribution is 5.99. The van der Waals surface area contributed by atoms with Crippen molar-refractivity contribution in [1.82, 2.24) is 20.6 Å². The normalized spacial score (nSPS) is 14.4. The summed E-state index contributed by atoms with van der Waals surface area (Å²) >= 11 is 0. The van der Waals surface area contributed by atoms with Gasteiger partial charge in [0.15, 0.2) is 17.2 Å². The standard InChI is InChI=1S/C23H21FN4O4/c24-15-6-8-16(9-7-15)28-18-4-2-1-3-17(18)21(27-28)23(30)26-25-22(29)14-5-10-19-20(13-14)32-12-11-31-19/h5-10,13H,1-4,11-12H2,(H,25,29)(H,26,30). The topological polar surface area (TPSA) is 94.5 Å². The molecule has 0 bridgehead atoms. The zero-order valence-electron chi connectivity index (χ0n) is 17.2. The van der Waals surface area contributed by atoms with E-state index < -0.39 is 11.8 Å². The van der Waals surface area contributed by atoms with Gasteiger partial charge in [-0.05, 0) is 68.1 Å². The maximum atomic E-state index is 13.3. The van der Waals surface area contributed by atoms with Crippen LogP contribution in [0.15, 0.2) is 42.5 Å². The predicted octanol–water partition coefficient (Wildman–Crippen LogP) is 2.74.